The number of pyridine rings is 1. The summed E-state index contributed by atoms with van der Waals surface area (Å²) in [7, 11) is 1.39. The summed E-state index contributed by atoms with van der Waals surface area (Å²) in [5, 5.41) is 0. The first-order valence-electron chi connectivity index (χ1n) is 12.3. The number of benzene rings is 1. The van der Waals surface area contributed by atoms with Gasteiger partial charge < -0.3 is 9.64 Å². The Morgan fingerprint density at radius 2 is 1.76 bits per heavy atom. The Bertz CT molecular complexity index is 938. The second kappa shape index (κ2) is 10.7. The quantitative estimate of drug-likeness (QED) is 0.619. The minimum Gasteiger partial charge on any atom is -0.464 e. The van der Waals surface area contributed by atoms with Gasteiger partial charge in [0.1, 0.15) is 5.69 Å². The van der Waals surface area contributed by atoms with Gasteiger partial charge in [-0.15, -0.1) is 0 Å². The third-order valence-corrected chi connectivity index (χ3v) is 7.35. The number of carbonyl (C=O) groups excluding carboxylic acids is 1. The van der Waals surface area contributed by atoms with Gasteiger partial charge in [-0.3, -0.25) is 9.80 Å². The third-order valence-electron chi connectivity index (χ3n) is 7.35. The number of hydrogen-bond donors (Lipinski definition) is 0. The molecule has 1 atom stereocenters. The summed E-state index contributed by atoms with van der Waals surface area (Å²) >= 11 is 0. The van der Waals surface area contributed by atoms with E-state index >= 15 is 0 Å². The Balaban J connectivity index is 1.34. The zero-order valence-electron chi connectivity index (χ0n) is 20.6. The highest BCUT2D eigenvalue weighted by atomic mass is 16.5. The number of aryl methyl sites for hydroxylation is 2. The Kier molecular flexibility index (Phi) is 7.66. The summed E-state index contributed by atoms with van der Waals surface area (Å²) < 4.78 is 4.81. The van der Waals surface area contributed by atoms with Crippen LogP contribution in [0.4, 0.5) is 5.69 Å². The van der Waals surface area contributed by atoms with Crippen LogP contribution in [0.5, 0.6) is 0 Å². The summed E-state index contributed by atoms with van der Waals surface area (Å²) in [4.78, 5) is 24.1. The molecule has 2 aliphatic rings. The van der Waals surface area contributed by atoms with E-state index in [4.69, 9.17) is 4.74 Å². The monoisotopic (exact) mass is 450 g/mol. The number of piperazine rings is 1. The maximum atomic E-state index is 11.8. The van der Waals surface area contributed by atoms with Gasteiger partial charge in [0.15, 0.2) is 0 Å². The number of nitrogens with zero attached hydrogens (tertiary/aromatic N) is 4. The molecule has 3 heterocycles. The van der Waals surface area contributed by atoms with Crippen molar-refractivity contribution < 1.29 is 9.53 Å². The van der Waals surface area contributed by atoms with Gasteiger partial charge in [0.05, 0.1) is 18.5 Å². The summed E-state index contributed by atoms with van der Waals surface area (Å²) in [6.07, 6.45) is 3.64. The maximum Gasteiger partial charge on any atom is 0.356 e. The molecule has 33 heavy (non-hydrogen) atoms. The molecule has 1 aromatic heterocycles. The minimum atomic E-state index is -0.380. The van der Waals surface area contributed by atoms with Gasteiger partial charge in [-0.1, -0.05) is 36.8 Å². The van der Waals surface area contributed by atoms with Crippen molar-refractivity contribution in [2.75, 3.05) is 44.7 Å². The molecule has 0 bridgehead atoms. The van der Waals surface area contributed by atoms with Gasteiger partial charge in [-0.2, -0.15) is 0 Å². The molecule has 0 amide bonds. The predicted octanol–water partition coefficient (Wildman–Crippen LogP) is 4.05. The first-order valence-corrected chi connectivity index (χ1v) is 12.3. The fourth-order valence-corrected chi connectivity index (χ4v) is 5.40. The van der Waals surface area contributed by atoms with Crippen LogP contribution in [-0.2, 0) is 11.3 Å². The Labute approximate surface area is 198 Å². The maximum absolute atomic E-state index is 11.8. The zero-order chi connectivity index (χ0) is 23.4. The molecule has 2 saturated heterocycles. The van der Waals surface area contributed by atoms with Crippen molar-refractivity contribution in [3.63, 3.8) is 0 Å². The van der Waals surface area contributed by atoms with Gasteiger partial charge in [0.25, 0.3) is 0 Å². The molecule has 6 nitrogen and oxygen atoms in total. The average Bonchev–Trinajstić information content (AvgIpc) is 2.85. The lowest BCUT2D eigenvalue weighted by atomic mass is 9.97. The van der Waals surface area contributed by atoms with E-state index < -0.39 is 0 Å². The fourth-order valence-electron chi connectivity index (χ4n) is 5.40. The van der Waals surface area contributed by atoms with E-state index in [1.807, 2.05) is 13.0 Å². The van der Waals surface area contributed by atoms with Crippen LogP contribution in [0.1, 0.15) is 53.5 Å². The van der Waals surface area contributed by atoms with Crippen molar-refractivity contribution in [2.45, 2.75) is 58.7 Å². The van der Waals surface area contributed by atoms with Crippen LogP contribution in [0.3, 0.4) is 0 Å². The van der Waals surface area contributed by atoms with E-state index in [9.17, 15) is 4.79 Å². The number of ether oxygens (including phenoxy) is 1. The largest absolute Gasteiger partial charge is 0.464 e. The number of anilines is 1. The number of esters is 1. The van der Waals surface area contributed by atoms with Crippen LogP contribution in [-0.4, -0.2) is 72.7 Å². The van der Waals surface area contributed by atoms with E-state index in [0.29, 0.717) is 17.8 Å². The third kappa shape index (κ3) is 5.56. The van der Waals surface area contributed by atoms with E-state index in [1.54, 1.807) is 6.07 Å². The lowest BCUT2D eigenvalue weighted by Crippen LogP contribution is -2.58. The fraction of sp³-hybridized carbons (Fsp3) is 0.556. The topological polar surface area (TPSA) is 48.9 Å². The molecule has 0 N–H and O–H groups in total. The number of carbonyl (C=O) groups is 1. The molecule has 0 spiro atoms. The standard InChI is InChI=1S/C27H38N4O2/c1-5-23-19-30(26-11-10-25(27(32)33-4)28-21(26)3)16-17-31(23)24-12-14-29(15-13-24)18-22-8-6-20(2)7-9-22/h6-11,23-24H,5,12-19H2,1-4H3/t23-/m0/s1. The van der Waals surface area contributed by atoms with Gasteiger partial charge in [-0.25, -0.2) is 9.78 Å². The van der Waals surface area contributed by atoms with Crippen LogP contribution in [0, 0.1) is 13.8 Å². The second-order valence-electron chi connectivity index (χ2n) is 9.53. The Hall–Kier alpha value is -2.44. The van der Waals surface area contributed by atoms with Crippen LogP contribution < -0.4 is 4.90 Å². The molecular weight excluding hydrogens is 412 g/mol. The van der Waals surface area contributed by atoms with Gasteiger partial charge in [-0.05, 0) is 63.9 Å². The molecule has 0 aliphatic carbocycles. The predicted molar refractivity (Wildman–Crippen MR) is 133 cm³/mol. The lowest BCUT2D eigenvalue weighted by molar-refractivity contribution is 0.0592. The number of hydrogen-bond acceptors (Lipinski definition) is 6. The van der Waals surface area contributed by atoms with Crippen molar-refractivity contribution in [3.8, 4) is 0 Å². The van der Waals surface area contributed by atoms with Gasteiger partial charge >= 0.3 is 5.97 Å². The van der Waals surface area contributed by atoms with Gasteiger partial charge in [0.2, 0.25) is 0 Å². The van der Waals surface area contributed by atoms with E-state index in [1.165, 1.54) is 44.2 Å². The van der Waals surface area contributed by atoms with Crippen molar-refractivity contribution in [1.82, 2.24) is 14.8 Å². The van der Waals surface area contributed by atoms with Gasteiger partial charge in [0, 0.05) is 38.3 Å². The van der Waals surface area contributed by atoms with Crippen molar-refractivity contribution in [2.24, 2.45) is 0 Å². The minimum absolute atomic E-state index is 0.377. The van der Waals surface area contributed by atoms with Crippen molar-refractivity contribution >= 4 is 11.7 Å². The molecule has 0 saturated carbocycles. The number of piperidine rings is 1. The number of methoxy groups -OCH3 is 1. The molecule has 0 unspecified atom stereocenters. The highest BCUT2D eigenvalue weighted by Gasteiger charge is 2.33. The molecular formula is C27H38N4O2. The molecule has 2 aliphatic heterocycles. The molecule has 1 aromatic carbocycles. The molecule has 2 fully saturated rings. The first kappa shape index (κ1) is 23.7. The summed E-state index contributed by atoms with van der Waals surface area (Å²) in [6, 6.07) is 14.0. The highest BCUT2D eigenvalue weighted by molar-refractivity contribution is 5.87. The SMILES string of the molecule is CC[C@H]1CN(c2ccc(C(=O)OC)nc2C)CCN1C1CCN(Cc2ccc(C)cc2)CC1. The second-order valence-corrected chi connectivity index (χ2v) is 9.53. The summed E-state index contributed by atoms with van der Waals surface area (Å²) in [5.74, 6) is -0.380. The van der Waals surface area contributed by atoms with Crippen molar-refractivity contribution in [3.05, 3.63) is 58.9 Å². The van der Waals surface area contributed by atoms with Crippen LogP contribution in [0.25, 0.3) is 0 Å². The normalized spacial score (nSPS) is 20.7. The Morgan fingerprint density at radius 1 is 1.03 bits per heavy atom. The zero-order valence-corrected chi connectivity index (χ0v) is 20.6. The first-order chi connectivity index (χ1) is 16.0. The molecule has 6 heteroatoms. The van der Waals surface area contributed by atoms with Crippen molar-refractivity contribution in [1.29, 1.82) is 0 Å². The number of aromatic nitrogens is 1. The van der Waals surface area contributed by atoms with E-state index in [-0.39, 0.29) is 5.97 Å². The molecule has 178 valence electrons. The smallest absolute Gasteiger partial charge is 0.356 e. The Morgan fingerprint density at radius 3 is 2.39 bits per heavy atom. The lowest BCUT2D eigenvalue weighted by Gasteiger charge is -2.48. The van der Waals surface area contributed by atoms with Crippen LogP contribution >= 0.6 is 0 Å². The number of likely N-dealkylation sites (tertiary alicyclic amines) is 1. The number of rotatable bonds is 6. The van der Waals surface area contributed by atoms with E-state index in [2.05, 4.69) is 57.8 Å². The summed E-state index contributed by atoms with van der Waals surface area (Å²) in [6.45, 7) is 12.9. The van der Waals surface area contributed by atoms with E-state index in [0.717, 1.165) is 44.0 Å². The molecule has 4 rings (SSSR count). The van der Waals surface area contributed by atoms with Crippen LogP contribution in [0.2, 0.25) is 0 Å². The van der Waals surface area contributed by atoms with Crippen LogP contribution in [0.15, 0.2) is 36.4 Å². The average molecular weight is 451 g/mol. The summed E-state index contributed by atoms with van der Waals surface area (Å²) in [5.41, 5.74) is 5.15. The highest BCUT2D eigenvalue weighted by Crippen LogP contribution is 2.28. The molecule has 2 aromatic rings. The molecule has 0 radical (unpaired) electrons.